The lowest BCUT2D eigenvalue weighted by atomic mass is 9.81. The lowest BCUT2D eigenvalue weighted by Crippen LogP contribution is -2.51. The van der Waals surface area contributed by atoms with E-state index in [-0.39, 0.29) is 18.0 Å². The van der Waals surface area contributed by atoms with Crippen LogP contribution in [0.4, 0.5) is 16.2 Å². The Balaban J connectivity index is 2.02. The Hall–Kier alpha value is -3.60. The Morgan fingerprint density at radius 3 is 2.31 bits per heavy atom. The summed E-state index contributed by atoms with van der Waals surface area (Å²) in [6.07, 6.45) is 1.11. The molecule has 11 heteroatoms. The fourth-order valence-corrected chi connectivity index (χ4v) is 4.44. The summed E-state index contributed by atoms with van der Waals surface area (Å²) in [6, 6.07) is 9.37. The topological polar surface area (TPSA) is 125 Å². The van der Waals surface area contributed by atoms with E-state index in [4.69, 9.17) is 4.74 Å². The standard InChI is InChI=1S/C25H32N4O6S/c1-25(2,3)20-13-15(19-14-26-24(32)28(4)23(19)31)12-18(21(20)35-6)22(30)27-16-8-10-17(11-9-16)29(5)36(7,33)34/h8-13,19H,14H2,1-7H3,(H,26,32)(H,27,30). The first-order valence-corrected chi connectivity index (χ1v) is 13.1. The number of sulfonamides is 1. The molecule has 2 aromatic carbocycles. The molecule has 36 heavy (non-hydrogen) atoms. The molecule has 0 radical (unpaired) electrons. The van der Waals surface area contributed by atoms with E-state index < -0.39 is 33.3 Å². The van der Waals surface area contributed by atoms with Gasteiger partial charge in [-0.15, -0.1) is 0 Å². The fourth-order valence-electron chi connectivity index (χ4n) is 3.93. The monoisotopic (exact) mass is 516 g/mol. The van der Waals surface area contributed by atoms with Crippen LogP contribution in [-0.4, -0.2) is 65.2 Å². The Labute approximate surface area is 211 Å². The summed E-state index contributed by atoms with van der Waals surface area (Å²) in [5.41, 5.74) is 2.06. The third kappa shape index (κ3) is 5.46. The highest BCUT2D eigenvalue weighted by molar-refractivity contribution is 7.92. The number of hydrogen-bond donors (Lipinski definition) is 2. The molecule has 1 unspecified atom stereocenters. The number of rotatable bonds is 6. The number of hydrogen-bond acceptors (Lipinski definition) is 6. The largest absolute Gasteiger partial charge is 0.496 e. The number of imide groups is 1. The van der Waals surface area contributed by atoms with E-state index in [1.807, 2.05) is 26.8 Å². The zero-order valence-corrected chi connectivity index (χ0v) is 22.3. The molecule has 2 aromatic rings. The highest BCUT2D eigenvalue weighted by atomic mass is 32.2. The molecule has 1 heterocycles. The van der Waals surface area contributed by atoms with Crippen molar-refractivity contribution in [2.75, 3.05) is 43.6 Å². The number of amides is 4. The number of ether oxygens (including phenoxy) is 1. The van der Waals surface area contributed by atoms with Crippen LogP contribution in [0.1, 0.15) is 48.2 Å². The highest BCUT2D eigenvalue weighted by Crippen LogP contribution is 2.38. The second-order valence-electron chi connectivity index (χ2n) is 9.77. The molecular weight excluding hydrogens is 484 g/mol. The first kappa shape index (κ1) is 27.0. The van der Waals surface area contributed by atoms with Crippen LogP contribution in [-0.2, 0) is 20.2 Å². The maximum absolute atomic E-state index is 13.4. The van der Waals surface area contributed by atoms with Crippen molar-refractivity contribution in [3.05, 3.63) is 53.1 Å². The van der Waals surface area contributed by atoms with Gasteiger partial charge in [-0.25, -0.2) is 13.2 Å². The summed E-state index contributed by atoms with van der Waals surface area (Å²) >= 11 is 0. The smallest absolute Gasteiger partial charge is 0.323 e. The molecule has 1 saturated heterocycles. The van der Waals surface area contributed by atoms with Crippen molar-refractivity contribution in [1.29, 1.82) is 0 Å². The number of benzene rings is 2. The molecule has 194 valence electrons. The second-order valence-corrected chi connectivity index (χ2v) is 11.8. The zero-order valence-electron chi connectivity index (χ0n) is 21.5. The van der Waals surface area contributed by atoms with Crippen LogP contribution >= 0.6 is 0 Å². The highest BCUT2D eigenvalue weighted by Gasteiger charge is 2.35. The van der Waals surface area contributed by atoms with Gasteiger partial charge in [0, 0.05) is 31.9 Å². The van der Waals surface area contributed by atoms with Gasteiger partial charge in [0.25, 0.3) is 5.91 Å². The first-order chi connectivity index (χ1) is 16.6. The SMILES string of the molecule is COc1c(C(=O)Nc2ccc(N(C)S(C)(=O)=O)cc2)cc(C2CNC(=O)N(C)C2=O)cc1C(C)(C)C. The molecule has 3 rings (SSSR count). The molecule has 0 spiro atoms. The Bertz CT molecular complexity index is 1300. The second kappa shape index (κ2) is 9.81. The molecule has 1 fully saturated rings. The van der Waals surface area contributed by atoms with Gasteiger partial charge in [0.2, 0.25) is 15.9 Å². The predicted octanol–water partition coefficient (Wildman–Crippen LogP) is 2.91. The van der Waals surface area contributed by atoms with E-state index in [0.717, 1.165) is 21.0 Å². The Morgan fingerprint density at radius 1 is 1.17 bits per heavy atom. The maximum atomic E-state index is 13.4. The van der Waals surface area contributed by atoms with Crippen molar-refractivity contribution >= 4 is 39.2 Å². The molecular formula is C25H32N4O6S. The van der Waals surface area contributed by atoms with E-state index in [2.05, 4.69) is 10.6 Å². The summed E-state index contributed by atoms with van der Waals surface area (Å²) < 4.78 is 30.4. The number of nitrogens with one attached hydrogen (secondary N) is 2. The van der Waals surface area contributed by atoms with Crippen LogP contribution in [0, 0.1) is 0 Å². The van der Waals surface area contributed by atoms with Crippen molar-refractivity contribution in [1.82, 2.24) is 10.2 Å². The zero-order chi connectivity index (χ0) is 27.0. The minimum absolute atomic E-state index is 0.119. The van der Waals surface area contributed by atoms with Gasteiger partial charge in [0.05, 0.1) is 30.5 Å². The molecule has 1 aliphatic rings. The van der Waals surface area contributed by atoms with E-state index in [1.165, 1.54) is 21.2 Å². The Morgan fingerprint density at radius 2 is 1.78 bits per heavy atom. The normalized spacial score (nSPS) is 16.4. The van der Waals surface area contributed by atoms with Crippen LogP contribution in [0.2, 0.25) is 0 Å². The summed E-state index contributed by atoms with van der Waals surface area (Å²) in [7, 11) is 0.922. The molecule has 4 amide bonds. The van der Waals surface area contributed by atoms with Gasteiger partial charge in [-0.2, -0.15) is 0 Å². The molecule has 1 aliphatic heterocycles. The number of carbonyl (C=O) groups excluding carboxylic acids is 3. The maximum Gasteiger partial charge on any atom is 0.323 e. The number of nitrogens with zero attached hydrogens (tertiary/aromatic N) is 2. The van der Waals surface area contributed by atoms with E-state index in [9.17, 15) is 22.8 Å². The third-order valence-corrected chi connectivity index (χ3v) is 7.35. The van der Waals surface area contributed by atoms with E-state index >= 15 is 0 Å². The Kier molecular flexibility index (Phi) is 7.35. The van der Waals surface area contributed by atoms with Crippen LogP contribution in [0.3, 0.4) is 0 Å². The average molecular weight is 517 g/mol. The van der Waals surface area contributed by atoms with E-state index in [0.29, 0.717) is 22.7 Å². The first-order valence-electron chi connectivity index (χ1n) is 11.3. The predicted molar refractivity (Wildman–Crippen MR) is 138 cm³/mol. The van der Waals surface area contributed by atoms with Crippen molar-refractivity contribution in [2.24, 2.45) is 0 Å². The van der Waals surface area contributed by atoms with Gasteiger partial charge in [-0.1, -0.05) is 26.8 Å². The van der Waals surface area contributed by atoms with Crippen LogP contribution < -0.4 is 19.7 Å². The molecule has 10 nitrogen and oxygen atoms in total. The number of carbonyl (C=O) groups is 3. The third-order valence-electron chi connectivity index (χ3n) is 6.15. The fraction of sp³-hybridized carbons (Fsp3) is 0.400. The van der Waals surface area contributed by atoms with Crippen molar-refractivity contribution in [2.45, 2.75) is 32.1 Å². The lowest BCUT2D eigenvalue weighted by Gasteiger charge is -2.31. The molecule has 0 aromatic heterocycles. The van der Waals surface area contributed by atoms with Gasteiger partial charge < -0.3 is 15.4 Å². The number of methoxy groups -OCH3 is 1. The minimum Gasteiger partial charge on any atom is -0.496 e. The van der Waals surface area contributed by atoms with Crippen molar-refractivity contribution in [3.8, 4) is 5.75 Å². The number of anilines is 2. The van der Waals surface area contributed by atoms with E-state index in [1.54, 1.807) is 30.3 Å². The quantitative estimate of drug-likeness (QED) is 0.608. The van der Waals surface area contributed by atoms with Gasteiger partial charge in [-0.3, -0.25) is 18.8 Å². The summed E-state index contributed by atoms with van der Waals surface area (Å²) in [6.45, 7) is 6.05. The summed E-state index contributed by atoms with van der Waals surface area (Å²) in [5.74, 6) is -1.08. The van der Waals surface area contributed by atoms with Gasteiger partial charge in [0.1, 0.15) is 5.75 Å². The van der Waals surface area contributed by atoms with Crippen LogP contribution in [0.25, 0.3) is 0 Å². The molecule has 1 atom stereocenters. The van der Waals surface area contributed by atoms with Crippen LogP contribution in [0.5, 0.6) is 5.75 Å². The number of urea groups is 1. The minimum atomic E-state index is -3.42. The van der Waals surface area contributed by atoms with Crippen LogP contribution in [0.15, 0.2) is 36.4 Å². The van der Waals surface area contributed by atoms with Gasteiger partial charge in [0.15, 0.2) is 0 Å². The summed E-state index contributed by atoms with van der Waals surface area (Å²) in [4.78, 5) is 39.2. The average Bonchev–Trinajstić information content (AvgIpc) is 2.80. The van der Waals surface area contributed by atoms with Gasteiger partial charge >= 0.3 is 6.03 Å². The molecule has 2 N–H and O–H groups in total. The van der Waals surface area contributed by atoms with Gasteiger partial charge in [-0.05, 0) is 41.3 Å². The van der Waals surface area contributed by atoms with Crippen molar-refractivity contribution in [3.63, 3.8) is 0 Å². The lowest BCUT2D eigenvalue weighted by molar-refractivity contribution is -0.129. The summed E-state index contributed by atoms with van der Waals surface area (Å²) in [5, 5.41) is 5.52. The molecule has 0 aliphatic carbocycles. The van der Waals surface area contributed by atoms with Crippen molar-refractivity contribution < 1.29 is 27.5 Å². The molecule has 0 bridgehead atoms. The number of likely N-dealkylation sites (N-methyl/N-ethyl adjacent to an activating group) is 1. The molecule has 0 saturated carbocycles.